The zero-order chi connectivity index (χ0) is 10.3. The summed E-state index contributed by atoms with van der Waals surface area (Å²) in [5.41, 5.74) is 0. The summed E-state index contributed by atoms with van der Waals surface area (Å²) < 4.78 is 0. The summed E-state index contributed by atoms with van der Waals surface area (Å²) in [6.45, 7) is 4.70. The number of rotatable bonds is 6. The van der Waals surface area contributed by atoms with E-state index in [4.69, 9.17) is 5.11 Å². The number of carbonyl (C=O) groups excluding carboxylic acids is 1. The second kappa shape index (κ2) is 6.46. The lowest BCUT2D eigenvalue weighted by Gasteiger charge is -2.19. The predicted molar refractivity (Wildman–Crippen MR) is 49.4 cm³/mol. The lowest BCUT2D eigenvalue weighted by atomic mass is 10.3. The van der Waals surface area contributed by atoms with Crippen LogP contribution >= 0.6 is 0 Å². The Morgan fingerprint density at radius 1 is 1.23 bits per heavy atom. The highest BCUT2D eigenvalue weighted by Gasteiger charge is 2.11. The standard InChI is InChI=1S/C9H17NO3/c1-3-5-8(11)10(4-2)7-6-9(12)13/h3-7H2,1-2H3,(H,12,13). The van der Waals surface area contributed by atoms with Crippen LogP contribution in [-0.4, -0.2) is 35.0 Å². The maximum absolute atomic E-state index is 11.3. The Kier molecular flexibility index (Phi) is 5.93. The molecule has 0 rings (SSSR count). The van der Waals surface area contributed by atoms with Crippen molar-refractivity contribution in [2.75, 3.05) is 13.1 Å². The summed E-state index contributed by atoms with van der Waals surface area (Å²) >= 11 is 0. The van der Waals surface area contributed by atoms with Gasteiger partial charge in [-0.25, -0.2) is 0 Å². The summed E-state index contributed by atoms with van der Waals surface area (Å²) in [5, 5.41) is 8.43. The Morgan fingerprint density at radius 3 is 2.23 bits per heavy atom. The van der Waals surface area contributed by atoms with E-state index in [1.54, 1.807) is 4.90 Å². The molecule has 76 valence electrons. The molecular formula is C9H17NO3. The van der Waals surface area contributed by atoms with Gasteiger partial charge in [0.25, 0.3) is 0 Å². The van der Waals surface area contributed by atoms with Crippen LogP contribution in [0.5, 0.6) is 0 Å². The Hall–Kier alpha value is -1.06. The average molecular weight is 187 g/mol. The summed E-state index contributed by atoms with van der Waals surface area (Å²) in [6, 6.07) is 0. The average Bonchev–Trinajstić information content (AvgIpc) is 2.05. The molecule has 0 aromatic carbocycles. The van der Waals surface area contributed by atoms with Crippen LogP contribution in [0.1, 0.15) is 33.1 Å². The molecule has 0 fully saturated rings. The number of hydrogen-bond donors (Lipinski definition) is 1. The molecular weight excluding hydrogens is 170 g/mol. The fraction of sp³-hybridized carbons (Fsp3) is 0.778. The highest BCUT2D eigenvalue weighted by atomic mass is 16.4. The second-order valence-electron chi connectivity index (χ2n) is 2.87. The monoisotopic (exact) mass is 187 g/mol. The Morgan fingerprint density at radius 2 is 1.85 bits per heavy atom. The molecule has 0 aromatic heterocycles. The van der Waals surface area contributed by atoms with Crippen molar-refractivity contribution < 1.29 is 14.7 Å². The summed E-state index contributed by atoms with van der Waals surface area (Å²) in [5.74, 6) is -0.811. The van der Waals surface area contributed by atoms with Crippen LogP contribution in [0.25, 0.3) is 0 Å². The first-order valence-corrected chi connectivity index (χ1v) is 4.61. The normalized spacial score (nSPS) is 9.69. The van der Waals surface area contributed by atoms with Gasteiger partial charge in [0, 0.05) is 19.5 Å². The molecule has 0 unspecified atom stereocenters. The quantitative estimate of drug-likeness (QED) is 0.677. The topological polar surface area (TPSA) is 57.6 Å². The fourth-order valence-corrected chi connectivity index (χ4v) is 1.06. The molecule has 4 heteroatoms. The van der Waals surface area contributed by atoms with E-state index in [1.165, 1.54) is 0 Å². The van der Waals surface area contributed by atoms with Crippen molar-refractivity contribution in [1.82, 2.24) is 4.90 Å². The van der Waals surface area contributed by atoms with Gasteiger partial charge < -0.3 is 10.0 Å². The first kappa shape index (κ1) is 11.9. The van der Waals surface area contributed by atoms with Gasteiger partial charge in [0.2, 0.25) is 5.91 Å². The molecule has 0 aromatic rings. The lowest BCUT2D eigenvalue weighted by molar-refractivity contribution is -0.138. The first-order valence-electron chi connectivity index (χ1n) is 4.61. The minimum atomic E-state index is -0.859. The van der Waals surface area contributed by atoms with E-state index in [-0.39, 0.29) is 12.3 Å². The Labute approximate surface area is 78.5 Å². The molecule has 0 aliphatic rings. The van der Waals surface area contributed by atoms with Crippen LogP contribution in [0.2, 0.25) is 0 Å². The van der Waals surface area contributed by atoms with Crippen LogP contribution in [0, 0.1) is 0 Å². The van der Waals surface area contributed by atoms with Gasteiger partial charge in [-0.2, -0.15) is 0 Å². The summed E-state index contributed by atoms with van der Waals surface area (Å²) in [6.07, 6.45) is 1.35. The van der Waals surface area contributed by atoms with Crippen molar-refractivity contribution in [3.8, 4) is 0 Å². The number of carboxylic acid groups (broad SMARTS) is 1. The number of carboxylic acids is 1. The van der Waals surface area contributed by atoms with Gasteiger partial charge in [-0.1, -0.05) is 6.92 Å². The van der Waals surface area contributed by atoms with E-state index in [9.17, 15) is 9.59 Å². The molecule has 0 aliphatic carbocycles. The summed E-state index contributed by atoms with van der Waals surface area (Å²) in [4.78, 5) is 23.2. The van der Waals surface area contributed by atoms with Crippen LogP contribution in [0.15, 0.2) is 0 Å². The minimum absolute atomic E-state index is 0.0310. The molecule has 1 N–H and O–H groups in total. The smallest absolute Gasteiger partial charge is 0.305 e. The van der Waals surface area contributed by atoms with Gasteiger partial charge >= 0.3 is 5.97 Å². The molecule has 0 bridgehead atoms. The predicted octanol–water partition coefficient (Wildman–Crippen LogP) is 1.11. The van der Waals surface area contributed by atoms with Gasteiger partial charge in [-0.05, 0) is 13.3 Å². The Balaban J connectivity index is 3.87. The zero-order valence-corrected chi connectivity index (χ0v) is 8.25. The third kappa shape index (κ3) is 5.22. The van der Waals surface area contributed by atoms with Gasteiger partial charge in [-0.15, -0.1) is 0 Å². The SMILES string of the molecule is CCCC(=O)N(CC)CCC(=O)O. The molecule has 0 aliphatic heterocycles. The maximum atomic E-state index is 11.3. The zero-order valence-electron chi connectivity index (χ0n) is 8.25. The van der Waals surface area contributed by atoms with Crippen molar-refractivity contribution >= 4 is 11.9 Å². The van der Waals surface area contributed by atoms with E-state index < -0.39 is 5.97 Å². The highest BCUT2D eigenvalue weighted by molar-refractivity contribution is 5.76. The molecule has 0 atom stereocenters. The molecule has 4 nitrogen and oxygen atoms in total. The van der Waals surface area contributed by atoms with Crippen molar-refractivity contribution in [2.45, 2.75) is 33.1 Å². The lowest BCUT2D eigenvalue weighted by Crippen LogP contribution is -2.32. The number of hydrogen-bond acceptors (Lipinski definition) is 2. The third-order valence-electron chi connectivity index (χ3n) is 1.79. The highest BCUT2D eigenvalue weighted by Crippen LogP contribution is 1.98. The van der Waals surface area contributed by atoms with Crippen LogP contribution in [-0.2, 0) is 9.59 Å². The van der Waals surface area contributed by atoms with Crippen LogP contribution in [0.4, 0.5) is 0 Å². The molecule has 0 saturated carbocycles. The van der Waals surface area contributed by atoms with Gasteiger partial charge in [0.15, 0.2) is 0 Å². The molecule has 0 heterocycles. The summed E-state index contributed by atoms with van der Waals surface area (Å²) in [7, 11) is 0. The molecule has 1 amide bonds. The largest absolute Gasteiger partial charge is 0.481 e. The van der Waals surface area contributed by atoms with E-state index in [2.05, 4.69) is 0 Å². The van der Waals surface area contributed by atoms with E-state index >= 15 is 0 Å². The second-order valence-corrected chi connectivity index (χ2v) is 2.87. The molecule has 0 saturated heterocycles. The first-order chi connectivity index (χ1) is 6.11. The number of carbonyl (C=O) groups is 2. The van der Waals surface area contributed by atoms with Gasteiger partial charge in [-0.3, -0.25) is 9.59 Å². The van der Waals surface area contributed by atoms with E-state index in [0.717, 1.165) is 6.42 Å². The van der Waals surface area contributed by atoms with E-state index in [0.29, 0.717) is 19.5 Å². The van der Waals surface area contributed by atoms with E-state index in [1.807, 2.05) is 13.8 Å². The fourth-order valence-electron chi connectivity index (χ4n) is 1.06. The number of aliphatic carboxylic acids is 1. The van der Waals surface area contributed by atoms with Crippen LogP contribution < -0.4 is 0 Å². The van der Waals surface area contributed by atoms with Crippen molar-refractivity contribution in [3.63, 3.8) is 0 Å². The van der Waals surface area contributed by atoms with Crippen molar-refractivity contribution in [2.24, 2.45) is 0 Å². The maximum Gasteiger partial charge on any atom is 0.305 e. The number of amides is 1. The van der Waals surface area contributed by atoms with Gasteiger partial charge in [0.05, 0.1) is 6.42 Å². The van der Waals surface area contributed by atoms with Crippen molar-refractivity contribution in [3.05, 3.63) is 0 Å². The number of nitrogens with zero attached hydrogens (tertiary/aromatic N) is 1. The van der Waals surface area contributed by atoms with Crippen molar-refractivity contribution in [1.29, 1.82) is 0 Å². The third-order valence-corrected chi connectivity index (χ3v) is 1.79. The van der Waals surface area contributed by atoms with Crippen LogP contribution in [0.3, 0.4) is 0 Å². The van der Waals surface area contributed by atoms with Gasteiger partial charge in [0.1, 0.15) is 0 Å². The molecule has 0 spiro atoms. The molecule has 13 heavy (non-hydrogen) atoms. The Bertz CT molecular complexity index is 180. The molecule has 0 radical (unpaired) electrons. The minimum Gasteiger partial charge on any atom is -0.481 e.